The molecule has 0 radical (unpaired) electrons. The highest BCUT2D eigenvalue weighted by Crippen LogP contribution is 2.36. The summed E-state index contributed by atoms with van der Waals surface area (Å²) < 4.78 is 14.5. The molecule has 7 nitrogen and oxygen atoms in total. The molecule has 2 saturated heterocycles. The molecule has 0 aliphatic carbocycles. The number of pyridine rings is 1. The van der Waals surface area contributed by atoms with E-state index in [1.807, 2.05) is 13.0 Å². The first kappa shape index (κ1) is 20.3. The van der Waals surface area contributed by atoms with Crippen molar-refractivity contribution in [3.8, 4) is 0 Å². The Morgan fingerprint density at radius 3 is 2.72 bits per heavy atom. The summed E-state index contributed by atoms with van der Waals surface area (Å²) in [6.07, 6.45) is 5.28. The molecular formula is C22H33N5O2. The average Bonchev–Trinajstić information content (AvgIpc) is 3.42. The summed E-state index contributed by atoms with van der Waals surface area (Å²) in [4.78, 5) is 7.01. The van der Waals surface area contributed by atoms with Crippen molar-refractivity contribution in [1.82, 2.24) is 19.7 Å². The Kier molecular flexibility index (Phi) is 6.15. The molecule has 0 aromatic carbocycles. The first-order valence-electron chi connectivity index (χ1n) is 10.9. The minimum absolute atomic E-state index is 0.105. The van der Waals surface area contributed by atoms with E-state index >= 15 is 0 Å². The van der Waals surface area contributed by atoms with Gasteiger partial charge in [0.05, 0.1) is 19.3 Å². The number of nitrogens with zero attached hydrogens (tertiary/aromatic N) is 5. The average molecular weight is 400 g/mol. The van der Waals surface area contributed by atoms with Crippen molar-refractivity contribution in [2.45, 2.75) is 71.1 Å². The van der Waals surface area contributed by atoms with Crippen LogP contribution in [0.2, 0.25) is 0 Å². The monoisotopic (exact) mass is 399 g/mol. The Bertz CT molecular complexity index is 807. The van der Waals surface area contributed by atoms with E-state index in [2.05, 4.69) is 50.6 Å². The lowest BCUT2D eigenvalue weighted by Gasteiger charge is -2.30. The number of anilines is 1. The summed E-state index contributed by atoms with van der Waals surface area (Å²) in [6, 6.07) is 6.23. The van der Waals surface area contributed by atoms with Gasteiger partial charge in [-0.2, -0.15) is 0 Å². The minimum Gasteiger partial charge on any atom is -0.378 e. The van der Waals surface area contributed by atoms with Gasteiger partial charge in [-0.3, -0.25) is 9.55 Å². The van der Waals surface area contributed by atoms with Gasteiger partial charge in [-0.1, -0.05) is 6.07 Å². The molecule has 0 spiro atoms. The lowest BCUT2D eigenvalue weighted by atomic mass is 10.0. The molecule has 7 heteroatoms. The van der Waals surface area contributed by atoms with E-state index < -0.39 is 5.60 Å². The maximum absolute atomic E-state index is 6.40. The van der Waals surface area contributed by atoms with E-state index in [-0.39, 0.29) is 6.10 Å². The second kappa shape index (κ2) is 8.79. The normalized spacial score (nSPS) is 22.1. The largest absolute Gasteiger partial charge is 0.378 e. The third kappa shape index (κ3) is 4.46. The summed E-state index contributed by atoms with van der Waals surface area (Å²) in [5.41, 5.74) is 1.71. The molecule has 2 aromatic rings. The van der Waals surface area contributed by atoms with E-state index in [9.17, 15) is 0 Å². The second-order valence-electron chi connectivity index (χ2n) is 8.51. The lowest BCUT2D eigenvalue weighted by molar-refractivity contribution is -0.0945. The van der Waals surface area contributed by atoms with Gasteiger partial charge in [-0.15, -0.1) is 10.2 Å². The highest BCUT2D eigenvalue weighted by atomic mass is 16.6. The predicted molar refractivity (Wildman–Crippen MR) is 112 cm³/mol. The van der Waals surface area contributed by atoms with Gasteiger partial charge in [0.1, 0.15) is 0 Å². The third-order valence-electron chi connectivity index (χ3n) is 5.74. The molecule has 4 heterocycles. The molecule has 1 atom stereocenters. The van der Waals surface area contributed by atoms with Gasteiger partial charge >= 0.3 is 0 Å². The molecule has 29 heavy (non-hydrogen) atoms. The van der Waals surface area contributed by atoms with Crippen LogP contribution in [0.1, 0.15) is 56.7 Å². The maximum Gasteiger partial charge on any atom is 0.227 e. The molecular weight excluding hydrogens is 366 g/mol. The van der Waals surface area contributed by atoms with Gasteiger partial charge in [0, 0.05) is 37.4 Å². The molecule has 0 saturated carbocycles. The Hall–Kier alpha value is -1.99. The zero-order valence-corrected chi connectivity index (χ0v) is 17.9. The fourth-order valence-electron chi connectivity index (χ4n) is 4.47. The van der Waals surface area contributed by atoms with Crippen LogP contribution in [0, 0.1) is 6.92 Å². The number of ether oxygens (including phenoxy) is 2. The SMILES string of the molecule is Cc1cccc(CCCn2c(N3CCCC3)nnc2C2(OC(C)C)CCOC2)n1. The van der Waals surface area contributed by atoms with Gasteiger partial charge in [0.25, 0.3) is 0 Å². The summed E-state index contributed by atoms with van der Waals surface area (Å²) in [5, 5.41) is 9.28. The van der Waals surface area contributed by atoms with Gasteiger partial charge in [0.15, 0.2) is 11.4 Å². The highest BCUT2D eigenvalue weighted by molar-refractivity contribution is 5.34. The van der Waals surface area contributed by atoms with E-state index in [0.717, 1.165) is 62.1 Å². The van der Waals surface area contributed by atoms with Crippen molar-refractivity contribution in [1.29, 1.82) is 0 Å². The smallest absolute Gasteiger partial charge is 0.227 e. The van der Waals surface area contributed by atoms with Crippen LogP contribution in [0.4, 0.5) is 5.95 Å². The first-order valence-corrected chi connectivity index (χ1v) is 10.9. The fourth-order valence-corrected chi connectivity index (χ4v) is 4.47. The van der Waals surface area contributed by atoms with E-state index in [1.165, 1.54) is 12.8 Å². The Morgan fingerprint density at radius 1 is 1.21 bits per heavy atom. The molecule has 2 aliphatic rings. The summed E-state index contributed by atoms with van der Waals surface area (Å²) in [5.74, 6) is 1.90. The van der Waals surface area contributed by atoms with Crippen LogP contribution in [0.25, 0.3) is 0 Å². The second-order valence-corrected chi connectivity index (χ2v) is 8.51. The van der Waals surface area contributed by atoms with Crippen molar-refractivity contribution >= 4 is 5.95 Å². The lowest BCUT2D eigenvalue weighted by Crippen LogP contribution is -2.37. The van der Waals surface area contributed by atoms with Gasteiger partial charge < -0.3 is 14.4 Å². The number of aromatic nitrogens is 4. The summed E-state index contributed by atoms with van der Waals surface area (Å²) in [6.45, 7) is 10.4. The van der Waals surface area contributed by atoms with E-state index in [1.54, 1.807) is 0 Å². The number of rotatable bonds is 8. The van der Waals surface area contributed by atoms with Crippen molar-refractivity contribution in [3.05, 3.63) is 35.4 Å². The Morgan fingerprint density at radius 2 is 2.03 bits per heavy atom. The van der Waals surface area contributed by atoms with Gasteiger partial charge in [-0.25, -0.2) is 0 Å². The van der Waals surface area contributed by atoms with Crippen molar-refractivity contribution < 1.29 is 9.47 Å². The standard InChI is InChI=1S/C22H33N5O2/c1-17(2)29-22(11-15-28-16-22)20-24-25-21(26-12-4-5-13-26)27(20)14-7-10-19-9-6-8-18(3)23-19/h6,8-9,17H,4-5,7,10-16H2,1-3H3. The fraction of sp³-hybridized carbons (Fsp3) is 0.682. The van der Waals surface area contributed by atoms with Crippen LogP contribution in [0.3, 0.4) is 0 Å². The minimum atomic E-state index is -0.499. The first-order chi connectivity index (χ1) is 14.1. The maximum atomic E-state index is 6.40. The van der Waals surface area contributed by atoms with Crippen LogP contribution in [0.5, 0.6) is 0 Å². The molecule has 0 bridgehead atoms. The molecule has 4 rings (SSSR count). The van der Waals surface area contributed by atoms with Crippen LogP contribution >= 0.6 is 0 Å². The van der Waals surface area contributed by atoms with E-state index in [0.29, 0.717) is 13.2 Å². The topological polar surface area (TPSA) is 65.3 Å². The van der Waals surface area contributed by atoms with E-state index in [4.69, 9.17) is 9.47 Å². The molecule has 2 aliphatic heterocycles. The summed E-state index contributed by atoms with van der Waals surface area (Å²) >= 11 is 0. The molecule has 1 unspecified atom stereocenters. The zero-order valence-electron chi connectivity index (χ0n) is 17.9. The molecule has 2 fully saturated rings. The van der Waals surface area contributed by atoms with Gasteiger partial charge in [0.2, 0.25) is 5.95 Å². The number of hydrogen-bond acceptors (Lipinski definition) is 6. The van der Waals surface area contributed by atoms with Crippen LogP contribution in [-0.2, 0) is 28.0 Å². The van der Waals surface area contributed by atoms with Crippen LogP contribution in [-0.4, -0.2) is 52.2 Å². The van der Waals surface area contributed by atoms with Crippen molar-refractivity contribution in [2.75, 3.05) is 31.2 Å². The molecule has 0 N–H and O–H groups in total. The third-order valence-corrected chi connectivity index (χ3v) is 5.74. The van der Waals surface area contributed by atoms with Crippen molar-refractivity contribution in [2.24, 2.45) is 0 Å². The number of aryl methyl sites for hydroxylation is 2. The Labute approximate surface area is 173 Å². The zero-order chi connectivity index (χ0) is 20.3. The quantitative estimate of drug-likeness (QED) is 0.679. The van der Waals surface area contributed by atoms with Crippen LogP contribution < -0.4 is 4.90 Å². The van der Waals surface area contributed by atoms with Crippen molar-refractivity contribution in [3.63, 3.8) is 0 Å². The molecule has 0 amide bonds. The Balaban J connectivity index is 1.59. The molecule has 2 aromatic heterocycles. The highest BCUT2D eigenvalue weighted by Gasteiger charge is 2.44. The van der Waals surface area contributed by atoms with Crippen LogP contribution in [0.15, 0.2) is 18.2 Å². The van der Waals surface area contributed by atoms with Gasteiger partial charge in [-0.05, 0) is 58.6 Å². The molecule has 158 valence electrons. The predicted octanol–water partition coefficient (Wildman–Crippen LogP) is 3.26. The number of hydrogen-bond donors (Lipinski definition) is 0. The summed E-state index contributed by atoms with van der Waals surface area (Å²) in [7, 11) is 0.